The molecular weight excluding hydrogens is 338 g/mol. The molecule has 1 atom stereocenters. The number of benzene rings is 1. The van der Waals surface area contributed by atoms with Crippen LogP contribution in [0.1, 0.15) is 37.0 Å². The monoisotopic (exact) mass is 355 g/mol. The fraction of sp³-hybridized carbons (Fsp3) is 0.400. The van der Waals surface area contributed by atoms with Gasteiger partial charge in [0.25, 0.3) is 0 Å². The van der Waals surface area contributed by atoms with Gasteiger partial charge in [0, 0.05) is 22.9 Å². The number of ether oxygens (including phenoxy) is 1. The molecule has 0 aliphatic rings. The van der Waals surface area contributed by atoms with Crippen LogP contribution in [0.15, 0.2) is 28.7 Å². The topological polar surface area (TPSA) is 72.5 Å². The van der Waals surface area contributed by atoms with Gasteiger partial charge in [0.15, 0.2) is 5.78 Å². The number of carbonyl (C=O) groups is 3. The largest absolute Gasteiger partial charge is 0.464 e. The third-order valence-electron chi connectivity index (χ3n) is 2.76. The maximum atomic E-state index is 11.9. The third kappa shape index (κ3) is 6.08. The zero-order valence-electron chi connectivity index (χ0n) is 12.0. The Morgan fingerprint density at radius 1 is 1.19 bits per heavy atom. The predicted molar refractivity (Wildman–Crippen MR) is 81.9 cm³/mol. The number of halogens is 1. The van der Waals surface area contributed by atoms with Crippen molar-refractivity contribution in [3.05, 3.63) is 34.3 Å². The van der Waals surface area contributed by atoms with Gasteiger partial charge in [-0.2, -0.15) is 0 Å². The highest BCUT2D eigenvalue weighted by Gasteiger charge is 2.17. The predicted octanol–water partition coefficient (Wildman–Crippen LogP) is 2.48. The van der Waals surface area contributed by atoms with Crippen LogP contribution in [0, 0.1) is 0 Å². The van der Waals surface area contributed by atoms with Gasteiger partial charge in [-0.1, -0.05) is 28.1 Å². The number of rotatable bonds is 7. The molecule has 0 saturated carbocycles. The second kappa shape index (κ2) is 8.56. The molecule has 1 amide bonds. The van der Waals surface area contributed by atoms with Gasteiger partial charge in [-0.25, -0.2) is 4.79 Å². The molecule has 0 bridgehead atoms. The number of Topliss-reactive ketones (excluding diaryl/α,β-unsaturated/α-hetero) is 1. The van der Waals surface area contributed by atoms with Crippen LogP contribution >= 0.6 is 15.9 Å². The molecule has 0 aliphatic carbocycles. The van der Waals surface area contributed by atoms with Crippen LogP contribution in [-0.2, 0) is 14.3 Å². The van der Waals surface area contributed by atoms with Crippen LogP contribution in [0.5, 0.6) is 0 Å². The van der Waals surface area contributed by atoms with Gasteiger partial charge < -0.3 is 10.1 Å². The van der Waals surface area contributed by atoms with E-state index in [1.54, 1.807) is 38.1 Å². The number of amides is 1. The van der Waals surface area contributed by atoms with Crippen LogP contribution in [0.3, 0.4) is 0 Å². The van der Waals surface area contributed by atoms with Gasteiger partial charge in [0.2, 0.25) is 5.91 Å². The molecule has 1 aromatic rings. The summed E-state index contributed by atoms with van der Waals surface area (Å²) in [5, 5.41) is 2.51. The van der Waals surface area contributed by atoms with E-state index in [1.807, 2.05) is 0 Å². The standard InChI is InChI=1S/C15H18BrNO4/c1-3-21-15(20)10(2)17-14(19)9-8-13(18)11-4-6-12(16)7-5-11/h4-7,10H,3,8-9H2,1-2H3,(H,17,19)/t10-/m0/s1. The number of nitrogens with one attached hydrogen (secondary N) is 1. The summed E-state index contributed by atoms with van der Waals surface area (Å²) >= 11 is 3.29. The first kappa shape index (κ1) is 17.4. The molecule has 114 valence electrons. The maximum Gasteiger partial charge on any atom is 0.328 e. The third-order valence-corrected chi connectivity index (χ3v) is 3.29. The van der Waals surface area contributed by atoms with Gasteiger partial charge in [-0.15, -0.1) is 0 Å². The Labute approximate surface area is 132 Å². The van der Waals surface area contributed by atoms with Crippen molar-refractivity contribution in [3.8, 4) is 0 Å². The first-order valence-electron chi connectivity index (χ1n) is 6.68. The molecule has 21 heavy (non-hydrogen) atoms. The first-order valence-corrected chi connectivity index (χ1v) is 7.48. The Hall–Kier alpha value is -1.69. The summed E-state index contributed by atoms with van der Waals surface area (Å²) in [5.41, 5.74) is 0.560. The van der Waals surface area contributed by atoms with Gasteiger partial charge in [-0.05, 0) is 26.0 Å². The van der Waals surface area contributed by atoms with Gasteiger partial charge in [0.1, 0.15) is 6.04 Å². The summed E-state index contributed by atoms with van der Waals surface area (Å²) < 4.78 is 5.67. The lowest BCUT2D eigenvalue weighted by Crippen LogP contribution is -2.39. The van der Waals surface area contributed by atoms with E-state index in [2.05, 4.69) is 21.2 Å². The Balaban J connectivity index is 2.40. The van der Waals surface area contributed by atoms with E-state index in [1.165, 1.54) is 0 Å². The zero-order valence-corrected chi connectivity index (χ0v) is 13.6. The first-order chi connectivity index (χ1) is 9.93. The Morgan fingerprint density at radius 2 is 1.81 bits per heavy atom. The molecule has 0 fully saturated rings. The minimum atomic E-state index is -0.708. The van der Waals surface area contributed by atoms with Crippen LogP contribution in [-0.4, -0.2) is 30.3 Å². The summed E-state index contributed by atoms with van der Waals surface area (Å²) in [6.45, 7) is 3.51. The molecule has 1 aromatic carbocycles. The minimum Gasteiger partial charge on any atom is -0.464 e. The molecule has 0 radical (unpaired) electrons. The van der Waals surface area contributed by atoms with Crippen molar-refractivity contribution >= 4 is 33.6 Å². The summed E-state index contributed by atoms with van der Waals surface area (Å²) in [4.78, 5) is 34.9. The van der Waals surface area contributed by atoms with E-state index in [-0.39, 0.29) is 31.1 Å². The summed E-state index contributed by atoms with van der Waals surface area (Å²) in [6, 6.07) is 6.24. The fourth-order valence-electron chi connectivity index (χ4n) is 1.65. The number of hydrogen-bond donors (Lipinski definition) is 1. The van der Waals surface area contributed by atoms with Crippen molar-refractivity contribution in [1.82, 2.24) is 5.32 Å². The number of esters is 1. The molecule has 1 rings (SSSR count). The lowest BCUT2D eigenvalue weighted by Gasteiger charge is -2.12. The van der Waals surface area contributed by atoms with Gasteiger partial charge in [-0.3, -0.25) is 9.59 Å². The number of hydrogen-bond acceptors (Lipinski definition) is 4. The lowest BCUT2D eigenvalue weighted by atomic mass is 10.1. The van der Waals surface area contributed by atoms with E-state index in [0.29, 0.717) is 5.56 Å². The zero-order chi connectivity index (χ0) is 15.8. The highest BCUT2D eigenvalue weighted by Crippen LogP contribution is 2.12. The quantitative estimate of drug-likeness (QED) is 0.602. The van der Waals surface area contributed by atoms with Crippen LogP contribution in [0.2, 0.25) is 0 Å². The molecule has 1 N–H and O–H groups in total. The van der Waals surface area contributed by atoms with Crippen LogP contribution in [0.4, 0.5) is 0 Å². The average Bonchev–Trinajstić information content (AvgIpc) is 2.45. The number of ketones is 1. The summed E-state index contributed by atoms with van der Waals surface area (Å²) in [5.74, 6) is -0.937. The van der Waals surface area contributed by atoms with Crippen molar-refractivity contribution in [2.45, 2.75) is 32.7 Å². The molecule has 5 nitrogen and oxygen atoms in total. The summed E-state index contributed by atoms with van der Waals surface area (Å²) in [6.07, 6.45) is 0.141. The van der Waals surface area contributed by atoms with E-state index >= 15 is 0 Å². The van der Waals surface area contributed by atoms with Gasteiger partial charge in [0.05, 0.1) is 6.61 Å². The Morgan fingerprint density at radius 3 is 2.38 bits per heavy atom. The highest BCUT2D eigenvalue weighted by atomic mass is 79.9. The molecule has 0 unspecified atom stereocenters. The smallest absolute Gasteiger partial charge is 0.328 e. The van der Waals surface area contributed by atoms with Crippen molar-refractivity contribution < 1.29 is 19.1 Å². The van der Waals surface area contributed by atoms with Crippen molar-refractivity contribution in [1.29, 1.82) is 0 Å². The molecular formula is C15H18BrNO4. The van der Waals surface area contributed by atoms with Crippen molar-refractivity contribution in [2.75, 3.05) is 6.61 Å². The molecule has 6 heteroatoms. The Bertz CT molecular complexity index is 513. The summed E-state index contributed by atoms with van der Waals surface area (Å²) in [7, 11) is 0. The van der Waals surface area contributed by atoms with E-state index in [0.717, 1.165) is 4.47 Å². The molecule has 0 spiro atoms. The van der Waals surface area contributed by atoms with E-state index in [4.69, 9.17) is 4.74 Å². The normalized spacial score (nSPS) is 11.6. The van der Waals surface area contributed by atoms with Gasteiger partial charge >= 0.3 is 5.97 Å². The van der Waals surface area contributed by atoms with Crippen molar-refractivity contribution in [2.24, 2.45) is 0 Å². The lowest BCUT2D eigenvalue weighted by molar-refractivity contribution is -0.146. The molecule has 0 aliphatic heterocycles. The maximum absolute atomic E-state index is 11.9. The second-order valence-corrected chi connectivity index (χ2v) is 5.39. The van der Waals surface area contributed by atoms with Crippen LogP contribution < -0.4 is 5.32 Å². The highest BCUT2D eigenvalue weighted by molar-refractivity contribution is 9.10. The fourth-order valence-corrected chi connectivity index (χ4v) is 1.91. The number of carbonyl (C=O) groups excluding carboxylic acids is 3. The minimum absolute atomic E-state index is 0.0403. The second-order valence-electron chi connectivity index (χ2n) is 4.47. The molecule has 0 aromatic heterocycles. The van der Waals surface area contributed by atoms with Crippen molar-refractivity contribution in [3.63, 3.8) is 0 Å². The van der Waals surface area contributed by atoms with E-state index in [9.17, 15) is 14.4 Å². The van der Waals surface area contributed by atoms with Crippen LogP contribution in [0.25, 0.3) is 0 Å². The SMILES string of the molecule is CCOC(=O)[C@H](C)NC(=O)CCC(=O)c1ccc(Br)cc1. The van der Waals surface area contributed by atoms with E-state index < -0.39 is 12.0 Å². The Kier molecular flexibility index (Phi) is 7.08. The molecule has 0 saturated heterocycles. The average molecular weight is 356 g/mol. The molecule has 0 heterocycles.